The van der Waals surface area contributed by atoms with Gasteiger partial charge < -0.3 is 15.1 Å². The average Bonchev–Trinajstić information content (AvgIpc) is 2.59. The van der Waals surface area contributed by atoms with Crippen LogP contribution < -0.4 is 0 Å². The third kappa shape index (κ3) is 2.26. The quantitative estimate of drug-likeness (QED) is 0.796. The van der Waals surface area contributed by atoms with Crippen LogP contribution in [0.3, 0.4) is 0 Å². The number of carbonyl (C=O) groups excluding carboxylic acids is 1. The van der Waals surface area contributed by atoms with Gasteiger partial charge in [-0.05, 0) is 24.3 Å². The number of likely N-dealkylation sites (tertiary alicyclic amines) is 1. The minimum Gasteiger partial charge on any atom is -0.388 e. The lowest BCUT2D eigenvalue weighted by Gasteiger charge is -2.15. The number of amides is 1. The summed E-state index contributed by atoms with van der Waals surface area (Å²) in [5.74, 6) is -0.164. The topological polar surface area (TPSA) is 60.8 Å². The van der Waals surface area contributed by atoms with Crippen molar-refractivity contribution in [2.24, 2.45) is 0 Å². The van der Waals surface area contributed by atoms with Gasteiger partial charge in [0.15, 0.2) is 0 Å². The van der Waals surface area contributed by atoms with Crippen LogP contribution in [-0.2, 0) is 0 Å². The van der Waals surface area contributed by atoms with Crippen molar-refractivity contribution in [1.29, 1.82) is 0 Å². The summed E-state index contributed by atoms with van der Waals surface area (Å²) in [4.78, 5) is 13.4. The van der Waals surface area contributed by atoms with Crippen LogP contribution >= 0.6 is 15.9 Å². The molecule has 0 radical (unpaired) electrons. The lowest BCUT2D eigenvalue weighted by molar-refractivity contribution is 0.0572. The fourth-order valence-electron chi connectivity index (χ4n) is 1.71. The molecular weight excluding hydrogens is 274 g/mol. The molecule has 0 unspecified atom stereocenters. The molecule has 1 aliphatic heterocycles. The van der Waals surface area contributed by atoms with Crippen molar-refractivity contribution < 1.29 is 15.0 Å². The van der Waals surface area contributed by atoms with Gasteiger partial charge in [0, 0.05) is 23.1 Å². The summed E-state index contributed by atoms with van der Waals surface area (Å²) in [7, 11) is 0. The lowest BCUT2D eigenvalue weighted by atomic mass is 10.2. The number of rotatable bonds is 1. The molecule has 0 bridgehead atoms. The molecule has 2 rings (SSSR count). The van der Waals surface area contributed by atoms with Gasteiger partial charge in [0.1, 0.15) is 0 Å². The number of nitrogens with zero attached hydrogens (tertiary/aromatic N) is 1. The number of halogens is 1. The van der Waals surface area contributed by atoms with Gasteiger partial charge in [0.2, 0.25) is 0 Å². The fraction of sp³-hybridized carbons (Fsp3) is 0.364. The summed E-state index contributed by atoms with van der Waals surface area (Å²) in [5.41, 5.74) is 0.560. The molecule has 1 aliphatic rings. The van der Waals surface area contributed by atoms with E-state index in [-0.39, 0.29) is 19.0 Å². The molecule has 1 aromatic rings. The Labute approximate surface area is 102 Å². The Morgan fingerprint density at radius 3 is 2.19 bits per heavy atom. The van der Waals surface area contributed by atoms with Crippen LogP contribution in [0.15, 0.2) is 28.7 Å². The lowest BCUT2D eigenvalue weighted by Crippen LogP contribution is -2.29. The Hall–Kier alpha value is -0.910. The van der Waals surface area contributed by atoms with Gasteiger partial charge in [-0.3, -0.25) is 4.79 Å². The molecule has 1 aromatic carbocycles. The first kappa shape index (κ1) is 11.6. The zero-order chi connectivity index (χ0) is 11.7. The van der Waals surface area contributed by atoms with Crippen molar-refractivity contribution in [2.45, 2.75) is 12.2 Å². The van der Waals surface area contributed by atoms with Gasteiger partial charge in [0.25, 0.3) is 5.91 Å². The molecule has 1 fully saturated rings. The van der Waals surface area contributed by atoms with Crippen LogP contribution in [0, 0.1) is 0 Å². The van der Waals surface area contributed by atoms with E-state index in [2.05, 4.69) is 15.9 Å². The van der Waals surface area contributed by atoms with E-state index in [1.807, 2.05) is 0 Å². The van der Waals surface area contributed by atoms with E-state index in [1.165, 1.54) is 4.90 Å². The maximum Gasteiger partial charge on any atom is 0.254 e. The van der Waals surface area contributed by atoms with Crippen molar-refractivity contribution in [2.75, 3.05) is 13.1 Å². The molecule has 4 nitrogen and oxygen atoms in total. The second-order valence-electron chi connectivity index (χ2n) is 3.85. The molecule has 0 aliphatic carbocycles. The summed E-state index contributed by atoms with van der Waals surface area (Å²) in [5, 5.41) is 18.7. The number of aliphatic hydroxyl groups is 2. The first-order chi connectivity index (χ1) is 7.58. The number of hydrogen-bond donors (Lipinski definition) is 2. The third-order valence-corrected chi connectivity index (χ3v) is 3.17. The molecule has 0 spiro atoms. The minimum atomic E-state index is -0.834. The Balaban J connectivity index is 2.11. The Morgan fingerprint density at radius 2 is 1.69 bits per heavy atom. The number of β-amino-alcohol motifs (C(OH)–C–C–N with tert-alkyl or cyclic N) is 2. The maximum atomic E-state index is 11.9. The van der Waals surface area contributed by atoms with Gasteiger partial charge in [-0.15, -0.1) is 0 Å². The number of hydrogen-bond acceptors (Lipinski definition) is 3. The van der Waals surface area contributed by atoms with Crippen LogP contribution in [0.5, 0.6) is 0 Å². The Bertz CT molecular complexity index is 383. The first-order valence-electron chi connectivity index (χ1n) is 4.99. The van der Waals surface area contributed by atoms with Gasteiger partial charge >= 0.3 is 0 Å². The molecule has 1 saturated heterocycles. The maximum absolute atomic E-state index is 11.9. The zero-order valence-electron chi connectivity index (χ0n) is 8.51. The molecule has 2 atom stereocenters. The van der Waals surface area contributed by atoms with E-state index < -0.39 is 12.2 Å². The van der Waals surface area contributed by atoms with E-state index >= 15 is 0 Å². The molecule has 0 saturated carbocycles. The van der Waals surface area contributed by atoms with Crippen LogP contribution in [0.2, 0.25) is 0 Å². The van der Waals surface area contributed by atoms with Crippen molar-refractivity contribution >= 4 is 21.8 Å². The molecule has 0 aromatic heterocycles. The third-order valence-electron chi connectivity index (χ3n) is 2.64. The highest BCUT2D eigenvalue weighted by Gasteiger charge is 2.32. The molecular formula is C11H12BrNO3. The summed E-state index contributed by atoms with van der Waals surface area (Å²) in [6.45, 7) is 0.381. The summed E-state index contributed by atoms with van der Waals surface area (Å²) >= 11 is 3.29. The predicted molar refractivity (Wildman–Crippen MR) is 62.1 cm³/mol. The molecule has 1 heterocycles. The molecule has 1 amide bonds. The molecule has 16 heavy (non-hydrogen) atoms. The van der Waals surface area contributed by atoms with Gasteiger partial charge in [-0.1, -0.05) is 15.9 Å². The van der Waals surface area contributed by atoms with E-state index in [0.717, 1.165) is 4.47 Å². The normalized spacial score (nSPS) is 24.8. The highest BCUT2D eigenvalue weighted by atomic mass is 79.9. The molecule has 86 valence electrons. The van der Waals surface area contributed by atoms with E-state index in [4.69, 9.17) is 0 Å². The second-order valence-corrected chi connectivity index (χ2v) is 4.77. The second kappa shape index (κ2) is 4.53. The number of benzene rings is 1. The summed E-state index contributed by atoms with van der Waals surface area (Å²) in [6.07, 6.45) is -1.67. The van der Waals surface area contributed by atoms with Crippen LogP contribution in [0.1, 0.15) is 10.4 Å². The van der Waals surface area contributed by atoms with Crippen LogP contribution in [0.4, 0.5) is 0 Å². The Morgan fingerprint density at radius 1 is 1.19 bits per heavy atom. The molecule has 2 N–H and O–H groups in total. The average molecular weight is 286 g/mol. The van der Waals surface area contributed by atoms with Gasteiger partial charge in [-0.2, -0.15) is 0 Å². The van der Waals surface area contributed by atoms with Crippen molar-refractivity contribution in [3.8, 4) is 0 Å². The fourth-order valence-corrected chi connectivity index (χ4v) is 1.97. The SMILES string of the molecule is O=C(c1ccc(Br)cc1)N1C[C@@H](O)[C@@H](O)C1. The van der Waals surface area contributed by atoms with Crippen LogP contribution in [0.25, 0.3) is 0 Å². The highest BCUT2D eigenvalue weighted by molar-refractivity contribution is 9.10. The van der Waals surface area contributed by atoms with Crippen molar-refractivity contribution in [3.05, 3.63) is 34.3 Å². The predicted octanol–water partition coefficient (Wildman–Crippen LogP) is 0.627. The minimum absolute atomic E-state index is 0.164. The van der Waals surface area contributed by atoms with Crippen molar-refractivity contribution in [3.63, 3.8) is 0 Å². The van der Waals surface area contributed by atoms with Gasteiger partial charge in [-0.25, -0.2) is 0 Å². The number of aliphatic hydroxyl groups excluding tert-OH is 2. The first-order valence-corrected chi connectivity index (χ1v) is 5.78. The van der Waals surface area contributed by atoms with Gasteiger partial charge in [0.05, 0.1) is 12.2 Å². The highest BCUT2D eigenvalue weighted by Crippen LogP contribution is 2.16. The van der Waals surface area contributed by atoms with E-state index in [1.54, 1.807) is 24.3 Å². The monoisotopic (exact) mass is 285 g/mol. The zero-order valence-corrected chi connectivity index (χ0v) is 10.1. The van der Waals surface area contributed by atoms with E-state index in [0.29, 0.717) is 5.56 Å². The summed E-state index contributed by atoms with van der Waals surface area (Å²) < 4.78 is 0.908. The van der Waals surface area contributed by atoms with E-state index in [9.17, 15) is 15.0 Å². The largest absolute Gasteiger partial charge is 0.388 e. The smallest absolute Gasteiger partial charge is 0.254 e. The van der Waals surface area contributed by atoms with Crippen LogP contribution in [-0.4, -0.2) is 46.3 Å². The summed E-state index contributed by atoms with van der Waals surface area (Å²) in [6, 6.07) is 7.00. The molecule has 5 heteroatoms. The standard InChI is InChI=1S/C11H12BrNO3/c12-8-3-1-7(2-4-8)11(16)13-5-9(14)10(15)6-13/h1-4,9-10,14-15H,5-6H2/t9-,10+. The van der Waals surface area contributed by atoms with Crippen molar-refractivity contribution in [1.82, 2.24) is 4.90 Å². The number of carbonyl (C=O) groups is 1. The Kier molecular flexibility index (Phi) is 3.28.